The molecule has 21 heavy (non-hydrogen) atoms. The van der Waals surface area contributed by atoms with Crippen LogP contribution in [-0.2, 0) is 4.79 Å². The Morgan fingerprint density at radius 1 is 1.29 bits per heavy atom. The van der Waals surface area contributed by atoms with Crippen molar-refractivity contribution in [3.05, 3.63) is 0 Å². The second kappa shape index (κ2) is 6.24. The molecule has 0 spiro atoms. The molecule has 2 N–H and O–H groups in total. The summed E-state index contributed by atoms with van der Waals surface area (Å²) in [5, 5.41) is 12.2. The van der Waals surface area contributed by atoms with E-state index in [0.717, 1.165) is 25.7 Å². The Morgan fingerprint density at radius 2 is 2.00 bits per heavy atom. The SMILES string of the molecule is CC1CC(C)(C)CCC1NC(=O)N1CCCC(C(=O)O)C1. The van der Waals surface area contributed by atoms with E-state index >= 15 is 0 Å². The van der Waals surface area contributed by atoms with Crippen molar-refractivity contribution in [3.8, 4) is 0 Å². The van der Waals surface area contributed by atoms with E-state index in [0.29, 0.717) is 30.8 Å². The van der Waals surface area contributed by atoms with Crippen LogP contribution in [0.1, 0.15) is 52.9 Å². The first-order chi connectivity index (χ1) is 9.78. The lowest BCUT2D eigenvalue weighted by atomic mass is 9.70. The van der Waals surface area contributed by atoms with Crippen LogP contribution in [0.5, 0.6) is 0 Å². The number of carboxylic acids is 1. The Labute approximate surface area is 127 Å². The van der Waals surface area contributed by atoms with E-state index in [9.17, 15) is 9.59 Å². The maximum absolute atomic E-state index is 12.4. The molecule has 0 aromatic carbocycles. The van der Waals surface area contributed by atoms with Gasteiger partial charge in [-0.25, -0.2) is 4.79 Å². The molecule has 0 bridgehead atoms. The number of nitrogens with zero attached hydrogens (tertiary/aromatic N) is 1. The third-order valence-electron chi connectivity index (χ3n) is 5.06. The highest BCUT2D eigenvalue weighted by molar-refractivity contribution is 5.76. The third-order valence-corrected chi connectivity index (χ3v) is 5.06. The highest BCUT2D eigenvalue weighted by Crippen LogP contribution is 2.38. The van der Waals surface area contributed by atoms with Crippen molar-refractivity contribution in [2.45, 2.75) is 58.9 Å². The van der Waals surface area contributed by atoms with Gasteiger partial charge in [0.05, 0.1) is 5.92 Å². The lowest BCUT2D eigenvalue weighted by Gasteiger charge is -2.40. The lowest BCUT2D eigenvalue weighted by Crippen LogP contribution is -2.52. The summed E-state index contributed by atoms with van der Waals surface area (Å²) in [4.78, 5) is 25.1. The Hall–Kier alpha value is -1.26. The molecule has 0 aromatic rings. The van der Waals surface area contributed by atoms with Gasteiger partial charge >= 0.3 is 12.0 Å². The summed E-state index contributed by atoms with van der Waals surface area (Å²) >= 11 is 0. The zero-order valence-electron chi connectivity index (χ0n) is 13.4. The van der Waals surface area contributed by atoms with Crippen molar-refractivity contribution < 1.29 is 14.7 Å². The van der Waals surface area contributed by atoms with Crippen LogP contribution in [0.4, 0.5) is 4.79 Å². The largest absolute Gasteiger partial charge is 0.481 e. The molecular weight excluding hydrogens is 268 g/mol. The lowest BCUT2D eigenvalue weighted by molar-refractivity contribution is -0.143. The summed E-state index contributed by atoms with van der Waals surface area (Å²) in [7, 11) is 0. The summed E-state index contributed by atoms with van der Waals surface area (Å²) < 4.78 is 0. The first-order valence-corrected chi connectivity index (χ1v) is 8.07. The van der Waals surface area contributed by atoms with Crippen molar-refractivity contribution in [1.29, 1.82) is 0 Å². The average molecular weight is 296 g/mol. The van der Waals surface area contributed by atoms with Gasteiger partial charge in [0.1, 0.15) is 0 Å². The number of carbonyl (C=O) groups excluding carboxylic acids is 1. The number of nitrogens with one attached hydrogen (secondary N) is 1. The Balaban J connectivity index is 1.88. The molecule has 3 unspecified atom stereocenters. The van der Waals surface area contributed by atoms with Gasteiger partial charge in [-0.1, -0.05) is 20.8 Å². The molecule has 2 fully saturated rings. The van der Waals surface area contributed by atoms with Gasteiger partial charge in [0.25, 0.3) is 0 Å². The van der Waals surface area contributed by atoms with Crippen molar-refractivity contribution in [2.75, 3.05) is 13.1 Å². The number of likely N-dealkylation sites (tertiary alicyclic amines) is 1. The normalized spacial score (nSPS) is 32.5. The Kier molecular flexibility index (Phi) is 4.79. The second-order valence-electron chi connectivity index (χ2n) is 7.56. The molecule has 3 atom stereocenters. The standard InChI is InChI=1S/C16H28N2O3/c1-11-9-16(2,3)7-6-13(11)17-15(21)18-8-4-5-12(10-18)14(19)20/h11-13H,4-10H2,1-3H3,(H,17,21)(H,19,20). The molecule has 5 heteroatoms. The van der Waals surface area contributed by atoms with Crippen molar-refractivity contribution in [1.82, 2.24) is 10.2 Å². The summed E-state index contributed by atoms with van der Waals surface area (Å²) in [6.45, 7) is 7.77. The minimum absolute atomic E-state index is 0.0856. The molecule has 2 rings (SSSR count). The molecule has 120 valence electrons. The highest BCUT2D eigenvalue weighted by Gasteiger charge is 2.35. The van der Waals surface area contributed by atoms with Crippen LogP contribution in [0, 0.1) is 17.3 Å². The summed E-state index contributed by atoms with van der Waals surface area (Å²) in [5.74, 6) is -0.731. The molecule has 1 aliphatic carbocycles. The maximum atomic E-state index is 12.4. The highest BCUT2D eigenvalue weighted by atomic mass is 16.4. The van der Waals surface area contributed by atoms with Gasteiger partial charge in [-0.15, -0.1) is 0 Å². The van der Waals surface area contributed by atoms with Crippen LogP contribution in [-0.4, -0.2) is 41.1 Å². The van der Waals surface area contributed by atoms with Crippen LogP contribution in [0.2, 0.25) is 0 Å². The summed E-state index contributed by atoms with van der Waals surface area (Å²) in [6.07, 6.45) is 4.70. The second-order valence-corrected chi connectivity index (χ2v) is 7.56. The van der Waals surface area contributed by atoms with Crippen molar-refractivity contribution in [2.24, 2.45) is 17.3 Å². The smallest absolute Gasteiger partial charge is 0.317 e. The Morgan fingerprint density at radius 3 is 2.62 bits per heavy atom. The summed E-state index contributed by atoms with van der Waals surface area (Å²) in [6, 6.07) is 0.133. The Bertz CT molecular complexity index is 408. The first kappa shape index (κ1) is 16.1. The molecule has 2 aliphatic rings. The van der Waals surface area contributed by atoms with Crippen LogP contribution in [0.25, 0.3) is 0 Å². The minimum Gasteiger partial charge on any atom is -0.481 e. The first-order valence-electron chi connectivity index (χ1n) is 8.07. The van der Waals surface area contributed by atoms with Gasteiger partial charge in [0.15, 0.2) is 0 Å². The predicted octanol–water partition coefficient (Wildman–Crippen LogP) is 2.71. The van der Waals surface area contributed by atoms with Gasteiger partial charge in [-0.2, -0.15) is 0 Å². The van der Waals surface area contributed by atoms with Crippen LogP contribution in [0.3, 0.4) is 0 Å². The van der Waals surface area contributed by atoms with E-state index in [1.54, 1.807) is 4.90 Å². The molecule has 2 amide bonds. The van der Waals surface area contributed by atoms with Gasteiger partial charge in [-0.3, -0.25) is 4.79 Å². The van der Waals surface area contributed by atoms with E-state index in [1.807, 2.05) is 0 Å². The maximum Gasteiger partial charge on any atom is 0.317 e. The van der Waals surface area contributed by atoms with E-state index < -0.39 is 11.9 Å². The monoisotopic (exact) mass is 296 g/mol. The molecule has 1 saturated heterocycles. The average Bonchev–Trinajstić information content (AvgIpc) is 2.41. The molecule has 0 aromatic heterocycles. The van der Waals surface area contributed by atoms with Gasteiger partial charge in [0.2, 0.25) is 0 Å². The number of amides is 2. The van der Waals surface area contributed by atoms with E-state index in [-0.39, 0.29) is 12.1 Å². The fourth-order valence-corrected chi connectivity index (χ4v) is 3.77. The minimum atomic E-state index is -0.791. The van der Waals surface area contributed by atoms with Crippen molar-refractivity contribution >= 4 is 12.0 Å². The number of piperidine rings is 1. The number of hydrogen-bond acceptors (Lipinski definition) is 2. The van der Waals surface area contributed by atoms with Gasteiger partial charge < -0.3 is 15.3 Å². The fraction of sp³-hybridized carbons (Fsp3) is 0.875. The van der Waals surface area contributed by atoms with Gasteiger partial charge in [0, 0.05) is 19.1 Å². The third kappa shape index (κ3) is 4.11. The number of urea groups is 1. The quantitative estimate of drug-likeness (QED) is 0.823. The van der Waals surface area contributed by atoms with Crippen LogP contribution in [0.15, 0.2) is 0 Å². The molecular formula is C16H28N2O3. The van der Waals surface area contributed by atoms with Crippen LogP contribution >= 0.6 is 0 Å². The molecule has 5 nitrogen and oxygen atoms in total. The number of hydrogen-bond donors (Lipinski definition) is 2. The van der Waals surface area contributed by atoms with E-state index in [2.05, 4.69) is 26.1 Å². The number of rotatable bonds is 2. The topological polar surface area (TPSA) is 69.6 Å². The number of carboxylic acid groups (broad SMARTS) is 1. The molecule has 1 aliphatic heterocycles. The van der Waals surface area contributed by atoms with Crippen molar-refractivity contribution in [3.63, 3.8) is 0 Å². The molecule has 1 heterocycles. The fourth-order valence-electron chi connectivity index (χ4n) is 3.77. The van der Waals surface area contributed by atoms with Crippen LogP contribution < -0.4 is 5.32 Å². The van der Waals surface area contributed by atoms with Gasteiger partial charge in [-0.05, 0) is 43.4 Å². The number of carbonyl (C=O) groups is 2. The molecule has 1 saturated carbocycles. The predicted molar refractivity (Wildman–Crippen MR) is 81.0 cm³/mol. The van der Waals surface area contributed by atoms with E-state index in [4.69, 9.17) is 5.11 Å². The molecule has 0 radical (unpaired) electrons. The van der Waals surface area contributed by atoms with E-state index in [1.165, 1.54) is 0 Å². The zero-order chi connectivity index (χ0) is 15.6. The number of aliphatic carboxylic acids is 1. The zero-order valence-corrected chi connectivity index (χ0v) is 13.4. The summed E-state index contributed by atoms with van der Waals surface area (Å²) in [5.41, 5.74) is 0.361.